The van der Waals surface area contributed by atoms with Crippen LogP contribution in [0.5, 0.6) is 0 Å². The number of likely N-dealkylation sites (N-methyl/N-ethyl adjacent to an activating group) is 1. The minimum atomic E-state index is -4.32. The van der Waals surface area contributed by atoms with Gasteiger partial charge in [-0.25, -0.2) is 4.57 Å². The van der Waals surface area contributed by atoms with E-state index in [1.165, 1.54) is 250 Å². The van der Waals surface area contributed by atoms with Crippen LogP contribution in [0.15, 0.2) is 12.2 Å². The first kappa shape index (κ1) is 68.2. The van der Waals surface area contributed by atoms with Gasteiger partial charge in [0.15, 0.2) is 0 Å². The summed E-state index contributed by atoms with van der Waals surface area (Å²) in [6.07, 6.45) is 64.2. The Morgan fingerprint density at radius 1 is 0.478 bits per heavy atom. The van der Waals surface area contributed by atoms with Crippen molar-refractivity contribution in [2.24, 2.45) is 0 Å². The zero-order valence-electron chi connectivity index (χ0n) is 47.1. The smallest absolute Gasteiger partial charge is 0.391 e. The second kappa shape index (κ2) is 52.1. The maximum absolute atomic E-state index is 13.0. The van der Waals surface area contributed by atoms with Crippen molar-refractivity contribution in [1.29, 1.82) is 0 Å². The molecule has 9 heteroatoms. The molecular formula is C60H122N2O6P+. The van der Waals surface area contributed by atoms with E-state index in [9.17, 15) is 19.4 Å². The number of nitrogens with zero attached hydrogens (tertiary/aromatic N) is 1. The largest absolute Gasteiger partial charge is 0.472 e. The summed E-state index contributed by atoms with van der Waals surface area (Å²) in [6.45, 7) is 4.94. The van der Waals surface area contributed by atoms with E-state index in [0.717, 1.165) is 38.5 Å². The van der Waals surface area contributed by atoms with Crippen LogP contribution in [0, 0.1) is 0 Å². The number of carbonyl (C=O) groups excluding carboxylic acids is 1. The molecule has 3 N–H and O–H groups in total. The number of nitrogens with one attached hydrogen (secondary N) is 1. The predicted molar refractivity (Wildman–Crippen MR) is 300 cm³/mol. The number of unbranched alkanes of at least 4 members (excludes halogenated alkanes) is 42. The average molecular weight is 999 g/mol. The highest BCUT2D eigenvalue weighted by atomic mass is 31.2. The Balaban J connectivity index is 4.12. The predicted octanol–water partition coefficient (Wildman–Crippen LogP) is 18.6. The molecule has 0 saturated carbocycles. The molecule has 0 saturated heterocycles. The van der Waals surface area contributed by atoms with E-state index in [1.54, 1.807) is 0 Å². The van der Waals surface area contributed by atoms with Crippen molar-refractivity contribution < 1.29 is 32.9 Å². The number of allylic oxidation sites excluding steroid dienone is 2. The third kappa shape index (κ3) is 54.8. The summed E-state index contributed by atoms with van der Waals surface area (Å²) in [7, 11) is 1.63. The van der Waals surface area contributed by atoms with Crippen molar-refractivity contribution in [1.82, 2.24) is 5.32 Å². The molecule has 0 spiro atoms. The van der Waals surface area contributed by atoms with Crippen LogP contribution < -0.4 is 5.32 Å². The van der Waals surface area contributed by atoms with E-state index in [4.69, 9.17) is 9.05 Å². The quantitative estimate of drug-likeness (QED) is 0.0243. The highest BCUT2D eigenvalue weighted by molar-refractivity contribution is 7.47. The van der Waals surface area contributed by atoms with Gasteiger partial charge in [0.2, 0.25) is 5.91 Å². The molecule has 1 amide bonds. The molecule has 0 aliphatic rings. The maximum Gasteiger partial charge on any atom is 0.472 e. The zero-order valence-corrected chi connectivity index (χ0v) is 48.0. The van der Waals surface area contributed by atoms with Crippen LogP contribution >= 0.6 is 7.82 Å². The molecule has 412 valence electrons. The van der Waals surface area contributed by atoms with E-state index >= 15 is 0 Å². The lowest BCUT2D eigenvalue weighted by molar-refractivity contribution is -0.870. The number of hydrogen-bond acceptors (Lipinski definition) is 5. The van der Waals surface area contributed by atoms with Gasteiger partial charge in [0.25, 0.3) is 0 Å². The Kier molecular flexibility index (Phi) is 51.5. The maximum atomic E-state index is 13.0. The third-order valence-corrected chi connectivity index (χ3v) is 15.2. The second-order valence-electron chi connectivity index (χ2n) is 22.4. The summed E-state index contributed by atoms with van der Waals surface area (Å²) < 4.78 is 23.8. The summed E-state index contributed by atoms with van der Waals surface area (Å²) in [6, 6.07) is -0.761. The normalized spacial score (nSPS) is 13.9. The van der Waals surface area contributed by atoms with Gasteiger partial charge >= 0.3 is 7.82 Å². The number of carbonyl (C=O) groups is 1. The van der Waals surface area contributed by atoms with E-state index in [0.29, 0.717) is 23.9 Å². The van der Waals surface area contributed by atoms with Gasteiger partial charge < -0.3 is 19.8 Å². The van der Waals surface area contributed by atoms with Crippen molar-refractivity contribution >= 4 is 13.7 Å². The molecule has 0 aromatic rings. The van der Waals surface area contributed by atoms with Crippen LogP contribution in [-0.2, 0) is 18.4 Å². The zero-order chi connectivity index (χ0) is 50.6. The minimum Gasteiger partial charge on any atom is -0.391 e. The highest BCUT2D eigenvalue weighted by Gasteiger charge is 2.28. The monoisotopic (exact) mass is 998 g/mol. The SMILES string of the molecule is CCCCCCCCCCCCCC/C=C\CCCCCCCCCC(=O)NC(COP(=O)(O)OCC[N+](C)(C)C)C(O)CCCCCCCCCCCCCCCCCCCCCCCCCC. The molecular weight excluding hydrogens is 876 g/mol. The second-order valence-corrected chi connectivity index (χ2v) is 23.9. The van der Waals surface area contributed by atoms with Gasteiger partial charge in [-0.15, -0.1) is 0 Å². The lowest BCUT2D eigenvalue weighted by Gasteiger charge is -2.26. The Morgan fingerprint density at radius 2 is 0.783 bits per heavy atom. The van der Waals surface area contributed by atoms with Gasteiger partial charge in [0.05, 0.1) is 39.9 Å². The summed E-state index contributed by atoms with van der Waals surface area (Å²) in [5, 5.41) is 14.1. The molecule has 0 aliphatic heterocycles. The van der Waals surface area contributed by atoms with Crippen molar-refractivity contribution in [2.75, 3.05) is 40.9 Å². The van der Waals surface area contributed by atoms with Crippen molar-refractivity contribution in [2.45, 2.75) is 328 Å². The first-order chi connectivity index (χ1) is 33.5. The molecule has 0 rings (SSSR count). The number of aliphatic hydroxyl groups is 1. The Hall–Kier alpha value is -0.760. The van der Waals surface area contributed by atoms with Gasteiger partial charge in [-0.1, -0.05) is 283 Å². The fourth-order valence-electron chi connectivity index (χ4n) is 9.46. The Bertz CT molecular complexity index is 1130. The molecule has 8 nitrogen and oxygen atoms in total. The van der Waals surface area contributed by atoms with Gasteiger partial charge in [-0.2, -0.15) is 0 Å². The molecule has 0 bridgehead atoms. The molecule has 0 heterocycles. The Labute approximate surface area is 431 Å². The summed E-state index contributed by atoms with van der Waals surface area (Å²) in [5.74, 6) is -0.142. The number of aliphatic hydroxyl groups excluding tert-OH is 1. The number of phosphoric acid groups is 1. The first-order valence-electron chi connectivity index (χ1n) is 30.6. The van der Waals surface area contributed by atoms with Gasteiger partial charge in [-0.05, 0) is 38.5 Å². The lowest BCUT2D eigenvalue weighted by Crippen LogP contribution is -2.46. The van der Waals surface area contributed by atoms with Gasteiger partial charge in [-0.3, -0.25) is 13.8 Å². The lowest BCUT2D eigenvalue weighted by atomic mass is 10.0. The molecule has 0 aromatic carbocycles. The van der Waals surface area contributed by atoms with Crippen molar-refractivity contribution in [3.05, 3.63) is 12.2 Å². The molecule has 3 unspecified atom stereocenters. The Morgan fingerprint density at radius 3 is 1.12 bits per heavy atom. The number of rotatable bonds is 57. The van der Waals surface area contributed by atoms with Crippen molar-refractivity contribution in [3.63, 3.8) is 0 Å². The van der Waals surface area contributed by atoms with Crippen molar-refractivity contribution in [3.8, 4) is 0 Å². The molecule has 0 radical (unpaired) electrons. The highest BCUT2D eigenvalue weighted by Crippen LogP contribution is 2.43. The molecule has 3 atom stereocenters. The van der Waals surface area contributed by atoms with Crippen LogP contribution in [0.4, 0.5) is 0 Å². The summed E-state index contributed by atoms with van der Waals surface area (Å²) in [4.78, 5) is 23.4. The standard InChI is InChI=1S/C60H121N2O6P/c1-6-8-10-12-14-16-18-20-22-24-26-28-30-32-33-35-37-39-41-43-45-47-49-51-53-59(63)58(57-68-69(65,66)67-56-55-62(3,4)5)61-60(64)54-52-50-48-46-44-42-40-38-36-34-31-29-27-25-23-21-19-17-15-13-11-9-7-2/h34,36,58-59,63H,6-33,35,37-57H2,1-5H3,(H-,61,64,65,66)/p+1/b36-34-. The average Bonchev–Trinajstić information content (AvgIpc) is 3.31. The van der Waals surface area contributed by atoms with Gasteiger partial charge in [0, 0.05) is 6.42 Å². The van der Waals surface area contributed by atoms with Crippen LogP contribution in [0.2, 0.25) is 0 Å². The van der Waals surface area contributed by atoms with E-state index in [-0.39, 0.29) is 19.1 Å². The third-order valence-electron chi connectivity index (χ3n) is 14.3. The van der Waals surface area contributed by atoms with E-state index in [1.807, 2.05) is 21.1 Å². The van der Waals surface area contributed by atoms with Crippen LogP contribution in [-0.4, -0.2) is 73.4 Å². The fourth-order valence-corrected chi connectivity index (χ4v) is 10.2. The van der Waals surface area contributed by atoms with Crippen LogP contribution in [0.3, 0.4) is 0 Å². The molecule has 69 heavy (non-hydrogen) atoms. The van der Waals surface area contributed by atoms with E-state index in [2.05, 4.69) is 31.3 Å². The minimum absolute atomic E-state index is 0.0764. The fraction of sp³-hybridized carbons (Fsp3) is 0.950. The summed E-state index contributed by atoms with van der Waals surface area (Å²) in [5.41, 5.74) is 0. The van der Waals surface area contributed by atoms with Crippen LogP contribution in [0.1, 0.15) is 316 Å². The first-order valence-corrected chi connectivity index (χ1v) is 32.0. The number of hydrogen-bond donors (Lipinski definition) is 3. The number of phosphoric ester groups is 1. The number of quaternary nitrogens is 1. The van der Waals surface area contributed by atoms with E-state index < -0.39 is 20.0 Å². The molecule has 0 fully saturated rings. The van der Waals surface area contributed by atoms with Crippen LogP contribution in [0.25, 0.3) is 0 Å². The topological polar surface area (TPSA) is 105 Å². The van der Waals surface area contributed by atoms with Gasteiger partial charge in [0.1, 0.15) is 13.2 Å². The molecule has 0 aliphatic carbocycles. The summed E-state index contributed by atoms with van der Waals surface area (Å²) >= 11 is 0. The molecule has 0 aromatic heterocycles. The number of amides is 1.